The highest BCUT2D eigenvalue weighted by Crippen LogP contribution is 2.26. The Labute approximate surface area is 248 Å². The number of benzene rings is 3. The van der Waals surface area contributed by atoms with E-state index in [9.17, 15) is 22.4 Å². The van der Waals surface area contributed by atoms with E-state index >= 15 is 0 Å². The largest absolute Gasteiger partial charge is 0.354 e. The van der Waals surface area contributed by atoms with Crippen molar-refractivity contribution < 1.29 is 22.4 Å². The Morgan fingerprint density at radius 3 is 2.19 bits per heavy atom. The quantitative estimate of drug-likeness (QED) is 0.246. The predicted octanol–water partition coefficient (Wildman–Crippen LogP) is 5.62. The van der Waals surface area contributed by atoms with Gasteiger partial charge in [-0.05, 0) is 66.6 Å². The van der Waals surface area contributed by atoms with Crippen LogP contribution in [0.25, 0.3) is 0 Å². The van der Waals surface area contributed by atoms with Crippen molar-refractivity contribution in [3.63, 3.8) is 0 Å². The number of nitrogens with zero attached hydrogens (tertiary/aromatic N) is 2. The van der Waals surface area contributed by atoms with Crippen LogP contribution in [0, 0.1) is 5.82 Å². The van der Waals surface area contributed by atoms with Crippen LogP contribution in [-0.4, -0.2) is 49.1 Å². The molecule has 0 aromatic heterocycles. The number of hydrogen-bond donors (Lipinski definition) is 1. The van der Waals surface area contributed by atoms with Crippen molar-refractivity contribution in [1.29, 1.82) is 0 Å². The van der Waals surface area contributed by atoms with Gasteiger partial charge < -0.3 is 10.2 Å². The minimum absolute atomic E-state index is 0.117. The fourth-order valence-corrected chi connectivity index (χ4v) is 6.72. The molecule has 7 nitrogen and oxygen atoms in total. The van der Waals surface area contributed by atoms with Gasteiger partial charge in [-0.15, -0.1) is 0 Å². The van der Waals surface area contributed by atoms with Crippen LogP contribution < -0.4 is 5.32 Å². The van der Waals surface area contributed by atoms with E-state index in [2.05, 4.69) is 12.2 Å². The zero-order chi connectivity index (χ0) is 30.0. The molecule has 1 N–H and O–H groups in total. The van der Waals surface area contributed by atoms with Crippen molar-refractivity contribution in [1.82, 2.24) is 14.5 Å². The van der Waals surface area contributed by atoms with Crippen LogP contribution in [0.1, 0.15) is 68.2 Å². The molecule has 1 aliphatic rings. The lowest BCUT2D eigenvalue weighted by molar-refractivity contribution is -0.141. The van der Waals surface area contributed by atoms with Crippen molar-refractivity contribution in [2.75, 3.05) is 19.6 Å². The Hall–Kier alpha value is -3.56. The molecule has 42 heavy (non-hydrogen) atoms. The van der Waals surface area contributed by atoms with Gasteiger partial charge in [0.1, 0.15) is 11.9 Å². The molecule has 0 bridgehead atoms. The van der Waals surface area contributed by atoms with E-state index in [4.69, 9.17) is 0 Å². The first-order chi connectivity index (χ1) is 20.3. The maximum Gasteiger partial charge on any atom is 0.247 e. The summed E-state index contributed by atoms with van der Waals surface area (Å²) in [5.74, 6) is -0.866. The Balaban J connectivity index is 1.54. The first kappa shape index (κ1) is 31.4. The number of carbonyl (C=O) groups excluding carboxylic acids is 2. The van der Waals surface area contributed by atoms with Gasteiger partial charge in [-0.2, -0.15) is 4.31 Å². The van der Waals surface area contributed by atoms with Crippen LogP contribution >= 0.6 is 0 Å². The molecule has 1 aliphatic heterocycles. The van der Waals surface area contributed by atoms with Crippen LogP contribution in [-0.2, 0) is 32.6 Å². The lowest BCUT2D eigenvalue weighted by Gasteiger charge is -2.32. The number of sulfonamides is 1. The summed E-state index contributed by atoms with van der Waals surface area (Å²) in [6.45, 7) is 3.82. The Kier molecular flexibility index (Phi) is 11.3. The van der Waals surface area contributed by atoms with Gasteiger partial charge in [0.2, 0.25) is 21.8 Å². The highest BCUT2D eigenvalue weighted by molar-refractivity contribution is 7.89. The molecule has 0 aliphatic carbocycles. The standard InChI is InChI=1S/C33H40FN3O4S/c1-2-3-7-22-35-33(39)32(28-10-5-4-6-11-28)37(25-27-12-17-29(34)18-13-27)31(38)21-16-26-14-19-30(20-15-26)42(40,41)36-23-8-9-24-36/h4-6,10-15,17-20,32H,2-3,7-9,16,21-25H2,1H3,(H,35,39)/t32-/m0/s1. The third kappa shape index (κ3) is 8.26. The molecule has 0 unspecified atom stereocenters. The van der Waals surface area contributed by atoms with Gasteiger partial charge in [-0.3, -0.25) is 9.59 Å². The average Bonchev–Trinajstić information content (AvgIpc) is 3.56. The molecule has 4 rings (SSSR count). The molecular weight excluding hydrogens is 553 g/mol. The van der Waals surface area contributed by atoms with E-state index < -0.39 is 16.1 Å². The average molecular weight is 594 g/mol. The van der Waals surface area contributed by atoms with Crippen LogP contribution in [0.4, 0.5) is 4.39 Å². The third-order valence-corrected chi connectivity index (χ3v) is 9.51. The summed E-state index contributed by atoms with van der Waals surface area (Å²) >= 11 is 0. The Morgan fingerprint density at radius 2 is 1.55 bits per heavy atom. The molecule has 0 radical (unpaired) electrons. The number of unbranched alkanes of at least 4 members (excludes halogenated alkanes) is 2. The van der Waals surface area contributed by atoms with Crippen LogP contribution in [0.5, 0.6) is 0 Å². The smallest absolute Gasteiger partial charge is 0.247 e. The number of aryl methyl sites for hydroxylation is 1. The number of rotatable bonds is 14. The Bertz CT molecular complexity index is 1410. The maximum absolute atomic E-state index is 13.9. The van der Waals surface area contributed by atoms with Gasteiger partial charge in [-0.25, -0.2) is 12.8 Å². The van der Waals surface area contributed by atoms with Gasteiger partial charge in [0.15, 0.2) is 0 Å². The zero-order valence-electron chi connectivity index (χ0n) is 24.2. The molecule has 224 valence electrons. The molecule has 1 heterocycles. The van der Waals surface area contributed by atoms with E-state index in [0.29, 0.717) is 37.2 Å². The van der Waals surface area contributed by atoms with E-state index in [1.54, 1.807) is 41.3 Å². The second kappa shape index (κ2) is 15.1. The summed E-state index contributed by atoms with van der Waals surface area (Å²) in [7, 11) is -3.51. The molecule has 0 spiro atoms. The van der Waals surface area contributed by atoms with Crippen molar-refractivity contribution >= 4 is 21.8 Å². The van der Waals surface area contributed by atoms with E-state index in [0.717, 1.165) is 37.7 Å². The molecule has 3 aromatic rings. The molecule has 1 fully saturated rings. The maximum atomic E-state index is 13.9. The molecule has 1 saturated heterocycles. The Morgan fingerprint density at radius 1 is 0.905 bits per heavy atom. The van der Waals surface area contributed by atoms with Gasteiger partial charge in [0.25, 0.3) is 0 Å². The summed E-state index contributed by atoms with van der Waals surface area (Å²) in [4.78, 5) is 29.2. The molecular formula is C33H40FN3O4S. The minimum atomic E-state index is -3.51. The predicted molar refractivity (Wildman–Crippen MR) is 161 cm³/mol. The highest BCUT2D eigenvalue weighted by atomic mass is 32.2. The van der Waals surface area contributed by atoms with Crippen molar-refractivity contribution in [2.45, 2.75) is 69.4 Å². The number of carbonyl (C=O) groups is 2. The third-order valence-electron chi connectivity index (χ3n) is 7.60. The number of amides is 2. The van der Waals surface area contributed by atoms with Crippen LogP contribution in [0.2, 0.25) is 0 Å². The topological polar surface area (TPSA) is 86.8 Å². The number of nitrogens with one attached hydrogen (secondary N) is 1. The molecule has 2 amide bonds. The van der Waals surface area contributed by atoms with Crippen LogP contribution in [0.3, 0.4) is 0 Å². The van der Waals surface area contributed by atoms with Gasteiger partial charge in [-0.1, -0.05) is 74.4 Å². The number of hydrogen-bond acceptors (Lipinski definition) is 4. The highest BCUT2D eigenvalue weighted by Gasteiger charge is 2.31. The molecule has 0 saturated carbocycles. The SMILES string of the molecule is CCCCCNC(=O)[C@H](c1ccccc1)N(Cc1ccc(F)cc1)C(=O)CCc1ccc(S(=O)(=O)N2CCCC2)cc1. The number of halogens is 1. The molecule has 1 atom stereocenters. The summed E-state index contributed by atoms with van der Waals surface area (Å²) in [5, 5.41) is 3.01. The van der Waals surface area contributed by atoms with Crippen molar-refractivity contribution in [3.8, 4) is 0 Å². The first-order valence-corrected chi connectivity index (χ1v) is 16.2. The monoisotopic (exact) mass is 593 g/mol. The second-order valence-corrected chi connectivity index (χ2v) is 12.7. The zero-order valence-corrected chi connectivity index (χ0v) is 25.0. The van der Waals surface area contributed by atoms with Crippen molar-refractivity contribution in [2.24, 2.45) is 0 Å². The van der Waals surface area contributed by atoms with E-state index in [1.165, 1.54) is 16.4 Å². The lowest BCUT2D eigenvalue weighted by atomic mass is 10.0. The first-order valence-electron chi connectivity index (χ1n) is 14.7. The molecule has 3 aromatic carbocycles. The fraction of sp³-hybridized carbons (Fsp3) is 0.394. The lowest BCUT2D eigenvalue weighted by Crippen LogP contribution is -2.43. The summed E-state index contributed by atoms with van der Waals surface area (Å²) in [6, 6.07) is 21.0. The summed E-state index contributed by atoms with van der Waals surface area (Å²) in [6.07, 6.45) is 5.10. The summed E-state index contributed by atoms with van der Waals surface area (Å²) in [5.41, 5.74) is 2.23. The van der Waals surface area contributed by atoms with E-state index in [-0.39, 0.29) is 35.5 Å². The second-order valence-electron chi connectivity index (χ2n) is 10.7. The van der Waals surface area contributed by atoms with Gasteiger partial charge in [0, 0.05) is 32.6 Å². The van der Waals surface area contributed by atoms with E-state index in [1.807, 2.05) is 30.3 Å². The van der Waals surface area contributed by atoms with Crippen LogP contribution in [0.15, 0.2) is 83.8 Å². The van der Waals surface area contributed by atoms with Gasteiger partial charge >= 0.3 is 0 Å². The normalized spacial score (nSPS) is 14.4. The van der Waals surface area contributed by atoms with Crippen molar-refractivity contribution in [3.05, 3.63) is 101 Å². The van der Waals surface area contributed by atoms with Gasteiger partial charge in [0.05, 0.1) is 4.90 Å². The fourth-order valence-electron chi connectivity index (χ4n) is 5.20. The molecule has 9 heteroatoms. The minimum Gasteiger partial charge on any atom is -0.354 e. The summed E-state index contributed by atoms with van der Waals surface area (Å²) < 4.78 is 40.9.